The number of thiophene rings is 4. The molecule has 0 saturated carbocycles. The maximum atomic E-state index is 12.8. The Kier molecular flexibility index (Phi) is 33.6. The molecule has 1 fully saturated rings. The van der Waals surface area contributed by atoms with Crippen LogP contribution >= 0.6 is 91.8 Å². The van der Waals surface area contributed by atoms with Crippen molar-refractivity contribution in [2.24, 2.45) is 5.92 Å². The Morgan fingerprint density at radius 2 is 0.813 bits per heavy atom. The van der Waals surface area contributed by atoms with Gasteiger partial charge in [0.2, 0.25) is 6.79 Å². The lowest BCUT2D eigenvalue weighted by Crippen LogP contribution is -2.43. The van der Waals surface area contributed by atoms with Crippen LogP contribution in [0, 0.1) is 5.92 Å². The molecular weight excluding hydrogens is 1740 g/mol. The highest BCUT2D eigenvalue weighted by molar-refractivity contribution is 7.91. The number of benzene rings is 5. The van der Waals surface area contributed by atoms with Crippen LogP contribution in [0.2, 0.25) is 20.1 Å². The monoisotopic (exact) mass is 1830 g/mol. The molecule has 8 aromatic heterocycles. The molecule has 10 heterocycles. The van der Waals surface area contributed by atoms with E-state index >= 15 is 0 Å². The van der Waals surface area contributed by atoms with Gasteiger partial charge in [-0.2, -0.15) is 0 Å². The third kappa shape index (κ3) is 26.9. The SMILES string of the molecule is CC(=O)CCCNCc1sc(C(=O)NCc2ccc3c(N)nccc3c2)cc1Cl.CC(C)CCNCc1sc(C(=O)NCc2ccc3c(N)nccc3c2)cc1Cl.Nc1nccc2cc(CCC(=O)c3cc(Cl)c(CNCCN4CCS(=O)(=O)CC4)s3)ccc12.Nc1nccc2cc(CCC(=O)c3cc(Cl)c(CNCc4ccc5c(c4)OCO5)s3)ccc12. The first-order valence-corrected chi connectivity index (χ1v) is 46.8. The molecule has 1 saturated heterocycles. The molecule has 15 rings (SSSR count). The lowest BCUT2D eigenvalue weighted by atomic mass is 10.0. The van der Waals surface area contributed by atoms with E-state index in [1.165, 1.54) is 45.3 Å². The van der Waals surface area contributed by atoms with Gasteiger partial charge in [-0.3, -0.25) is 19.2 Å². The van der Waals surface area contributed by atoms with Gasteiger partial charge >= 0.3 is 0 Å². The largest absolute Gasteiger partial charge is 0.454 e. The normalized spacial score (nSPS) is 12.8. The fourth-order valence-electron chi connectivity index (χ4n) is 13.5. The molecule has 5 aromatic carbocycles. The van der Waals surface area contributed by atoms with E-state index < -0.39 is 9.84 Å². The first kappa shape index (κ1) is 92.4. The van der Waals surface area contributed by atoms with Crippen LogP contribution < -0.4 is 64.3 Å². The summed E-state index contributed by atoms with van der Waals surface area (Å²) in [4.78, 5) is 86.4. The van der Waals surface area contributed by atoms with Crippen molar-refractivity contribution >= 4 is 197 Å². The summed E-state index contributed by atoms with van der Waals surface area (Å²) in [5.41, 5.74) is 28.8. The van der Waals surface area contributed by atoms with Crippen molar-refractivity contribution in [3.63, 3.8) is 0 Å². The fraction of sp³-hybridized carbons (Fsp3) is 0.300. The molecule has 123 heavy (non-hydrogen) atoms. The van der Waals surface area contributed by atoms with Crippen molar-refractivity contribution in [3.05, 3.63) is 251 Å². The number of nitrogens with one attached hydrogen (secondary N) is 6. The van der Waals surface area contributed by atoms with Crippen LogP contribution in [0.3, 0.4) is 0 Å². The summed E-state index contributed by atoms with van der Waals surface area (Å²) in [6, 6.07) is 44.3. The van der Waals surface area contributed by atoms with E-state index in [0.717, 1.165) is 141 Å². The van der Waals surface area contributed by atoms with Crippen molar-refractivity contribution in [3.8, 4) is 11.5 Å². The van der Waals surface area contributed by atoms with Gasteiger partial charge in [-0.1, -0.05) is 127 Å². The van der Waals surface area contributed by atoms with Gasteiger partial charge in [-0.25, -0.2) is 28.4 Å². The number of Topliss-reactive ketones (excluding diaryl/α,β-unsaturated/α-hetero) is 3. The van der Waals surface area contributed by atoms with Crippen LogP contribution in [-0.2, 0) is 73.3 Å². The second-order valence-electron chi connectivity index (χ2n) is 30.0. The van der Waals surface area contributed by atoms with E-state index in [2.05, 4.69) is 82.7 Å². The minimum Gasteiger partial charge on any atom is -0.454 e. The lowest BCUT2D eigenvalue weighted by molar-refractivity contribution is -0.117. The van der Waals surface area contributed by atoms with Crippen molar-refractivity contribution in [1.29, 1.82) is 0 Å². The smallest absolute Gasteiger partial charge is 0.261 e. The van der Waals surface area contributed by atoms with E-state index in [1.807, 2.05) is 103 Å². The molecule has 0 atom stereocenters. The lowest BCUT2D eigenvalue weighted by Gasteiger charge is -2.26. The van der Waals surface area contributed by atoms with Crippen LogP contribution in [0.25, 0.3) is 43.1 Å². The molecule has 0 aliphatic carbocycles. The van der Waals surface area contributed by atoms with Crippen molar-refractivity contribution in [2.45, 2.75) is 112 Å². The van der Waals surface area contributed by atoms with Crippen LogP contribution in [0.15, 0.2) is 164 Å². The molecule has 0 bridgehead atoms. The third-order valence-corrected chi connectivity index (χ3v) is 28.4. The summed E-state index contributed by atoms with van der Waals surface area (Å²) in [5.74, 6) is 4.79. The maximum Gasteiger partial charge on any atom is 0.261 e. The molecule has 24 nitrogen and oxygen atoms in total. The molecule has 644 valence electrons. The number of ketones is 3. The number of sulfone groups is 1. The number of nitrogens with two attached hydrogens (primary N) is 4. The molecule has 33 heteroatoms. The van der Waals surface area contributed by atoms with Crippen LogP contribution in [0.5, 0.6) is 11.5 Å². The number of carbonyl (C=O) groups excluding carboxylic acids is 5. The van der Waals surface area contributed by atoms with Crippen molar-refractivity contribution in [2.75, 3.05) is 80.5 Å². The van der Waals surface area contributed by atoms with Crippen LogP contribution in [-0.4, -0.2) is 120 Å². The molecule has 14 N–H and O–H groups in total. The standard InChI is InChI=1S/C25H22ClN3O3S.C23H27ClN4O3S2.C21H23ClN4O2S.C21H25ClN4OS/c26-19-11-23(20(30)5-2-15-1-4-18-17(9-15)7-8-29-25(18)27)33-24(19)13-28-12-16-3-6-21-22(10-16)32-14-31-21;24-19-14-21(32-22(19)15-26-7-8-28-9-11-33(30,31)12-10-28)20(29)4-2-16-1-3-18-17(13-16)5-6-27-23(18)25;1-13(27)3-2-7-24-12-19-17(22)10-18(29-19)21(28)26-11-14-4-5-16-15(9-14)6-8-25-20(16)23;1-13(2)5-7-24-12-19-17(22)10-18(28-19)21(27)26-11-14-3-4-16-15(9-14)6-8-25-20(16)23/h1,3-4,6-11,28H,2,5,12-14H2,(H2,27,29);1,3,5-6,13-14,26H,2,4,7-12,15H2,(H2,25,27);4-6,8-10,24H,2-3,7,11-12H2,1H3,(H2,23,25)(H,26,28);3-4,6,8-10,13,24H,5,7,11-12H2,1-2H3,(H2,23,25)(H,26,27). The van der Waals surface area contributed by atoms with Gasteiger partial charge in [0.1, 0.15) is 29.1 Å². The summed E-state index contributed by atoms with van der Waals surface area (Å²) in [7, 11) is -2.85. The second-order valence-corrected chi connectivity index (χ2v) is 38.5. The first-order chi connectivity index (χ1) is 59.2. The highest BCUT2D eigenvalue weighted by Gasteiger charge is 2.23. The zero-order chi connectivity index (χ0) is 87.1. The number of anilines is 4. The maximum absolute atomic E-state index is 12.8. The van der Waals surface area contributed by atoms with Gasteiger partial charge in [0.05, 0.1) is 51.1 Å². The van der Waals surface area contributed by atoms with Gasteiger partial charge in [0.15, 0.2) is 32.9 Å². The number of aryl methyl sites for hydroxylation is 2. The fourth-order valence-corrected chi connectivity index (χ4v) is 20.0. The average Bonchev–Trinajstić information content (AvgIpc) is 1.80. The molecule has 2 amide bonds. The van der Waals surface area contributed by atoms with E-state index in [-0.39, 0.29) is 47.5 Å². The van der Waals surface area contributed by atoms with Crippen LogP contribution in [0.4, 0.5) is 23.3 Å². The predicted molar refractivity (Wildman–Crippen MR) is 502 cm³/mol. The van der Waals surface area contributed by atoms with Gasteiger partial charge in [-0.15, -0.1) is 45.3 Å². The van der Waals surface area contributed by atoms with Gasteiger partial charge in [0.25, 0.3) is 11.8 Å². The number of nitrogen functional groups attached to an aromatic ring is 4. The Balaban J connectivity index is 0.000000150. The topological polar surface area (TPSA) is 369 Å². The third-order valence-electron chi connectivity index (χ3n) is 20.4. The molecule has 0 spiro atoms. The van der Waals surface area contributed by atoms with Gasteiger partial charge in [-0.05, 0) is 174 Å². The molecule has 0 radical (unpaired) electrons. The molecular formula is C90H97Cl4N15O9S5. The Morgan fingerprint density at radius 1 is 0.439 bits per heavy atom. The number of pyridine rings is 4. The number of ether oxygens (including phenoxy) is 2. The minimum atomic E-state index is -2.85. The Labute approximate surface area is 750 Å². The van der Waals surface area contributed by atoms with Gasteiger partial charge in [0, 0.05) is 157 Å². The van der Waals surface area contributed by atoms with E-state index in [1.54, 1.807) is 56.0 Å². The number of halogens is 4. The number of hydrogen-bond acceptors (Lipinski definition) is 26. The molecule has 2 aliphatic heterocycles. The summed E-state index contributed by atoms with van der Waals surface area (Å²) in [6.45, 7) is 14.6. The Morgan fingerprint density at radius 3 is 1.25 bits per heavy atom. The number of hydrogen-bond donors (Lipinski definition) is 10. The number of aromatic nitrogens is 4. The summed E-state index contributed by atoms with van der Waals surface area (Å²) < 4.78 is 33.8. The molecule has 2 aliphatic rings. The summed E-state index contributed by atoms with van der Waals surface area (Å²) in [5, 5.41) is 29.4. The highest BCUT2D eigenvalue weighted by Crippen LogP contribution is 2.36. The summed E-state index contributed by atoms with van der Waals surface area (Å²) >= 11 is 31.0. The number of fused-ring (bicyclic) bond motifs is 5. The molecule has 0 unspecified atom stereocenters. The number of nitrogens with zero attached hydrogens (tertiary/aromatic N) is 5. The highest BCUT2D eigenvalue weighted by atomic mass is 35.5. The van der Waals surface area contributed by atoms with Crippen molar-refractivity contribution < 1.29 is 41.9 Å². The minimum absolute atomic E-state index is 0.0806. The van der Waals surface area contributed by atoms with Gasteiger partial charge < -0.3 is 74.0 Å². The predicted octanol–water partition coefficient (Wildman–Crippen LogP) is 17.1. The second kappa shape index (κ2) is 44.7. The zero-order valence-corrected chi connectivity index (χ0v) is 75.3. The van der Waals surface area contributed by atoms with E-state index in [0.29, 0.717) is 160 Å². The summed E-state index contributed by atoms with van der Waals surface area (Å²) in [6.07, 6.45) is 11.3. The van der Waals surface area contributed by atoms with E-state index in [9.17, 15) is 32.4 Å². The quantitative estimate of drug-likeness (QED) is 0.0132. The van der Waals surface area contributed by atoms with Crippen LogP contribution in [0.1, 0.15) is 139 Å². The first-order valence-electron chi connectivity index (χ1n) is 40.2. The Bertz CT molecular complexity index is 6030. The zero-order valence-electron chi connectivity index (χ0n) is 68.2. The molecule has 13 aromatic rings. The number of rotatable bonds is 34. The average molecular weight is 1840 g/mol. The van der Waals surface area contributed by atoms with Crippen molar-refractivity contribution in [1.82, 2.24) is 56.7 Å². The number of amides is 2. The Hall–Kier alpha value is -9.80. The number of carbonyl (C=O) groups is 5. The van der Waals surface area contributed by atoms with E-state index in [4.69, 9.17) is 78.8 Å².